The second-order valence-corrected chi connectivity index (χ2v) is 6.21. The minimum absolute atomic E-state index is 0.415. The predicted octanol–water partition coefficient (Wildman–Crippen LogP) is 3.11. The van der Waals surface area contributed by atoms with Crippen molar-refractivity contribution in [2.45, 2.75) is 32.8 Å². The molecule has 3 N–H and O–H groups in total. The fourth-order valence-electron chi connectivity index (χ4n) is 2.03. The maximum atomic E-state index is 11.5. The van der Waals surface area contributed by atoms with E-state index in [-0.39, 0.29) is 0 Å². The second-order valence-electron chi connectivity index (χ2n) is 6.21. The number of nitrogens with zero attached hydrogens (tertiary/aromatic N) is 1. The lowest BCUT2D eigenvalue weighted by Gasteiger charge is -2.19. The van der Waals surface area contributed by atoms with Crippen LogP contribution in [-0.2, 0) is 4.74 Å². The summed E-state index contributed by atoms with van der Waals surface area (Å²) < 4.78 is 10.8. The Labute approximate surface area is 136 Å². The summed E-state index contributed by atoms with van der Waals surface area (Å²) in [4.78, 5) is 15.5. The van der Waals surface area contributed by atoms with E-state index in [4.69, 9.17) is 15.2 Å². The highest BCUT2D eigenvalue weighted by molar-refractivity contribution is 5.91. The van der Waals surface area contributed by atoms with Crippen LogP contribution >= 0.6 is 0 Å². The molecule has 0 aliphatic carbocycles. The van der Waals surface area contributed by atoms with E-state index in [2.05, 4.69) is 10.3 Å². The number of alkyl carbamates (subject to hydrolysis) is 1. The van der Waals surface area contributed by atoms with Crippen molar-refractivity contribution in [2.75, 3.05) is 18.9 Å². The summed E-state index contributed by atoms with van der Waals surface area (Å²) >= 11 is 0. The quantitative estimate of drug-likeness (QED) is 0.827. The molecule has 0 aliphatic heterocycles. The fourth-order valence-corrected chi connectivity index (χ4v) is 2.03. The van der Waals surface area contributed by atoms with Gasteiger partial charge in [-0.2, -0.15) is 0 Å². The van der Waals surface area contributed by atoms with Crippen molar-refractivity contribution >= 4 is 22.7 Å². The van der Waals surface area contributed by atoms with Gasteiger partial charge in [0.25, 0.3) is 0 Å². The molecule has 0 saturated carbocycles. The van der Waals surface area contributed by atoms with Crippen LogP contribution in [0.3, 0.4) is 0 Å². The van der Waals surface area contributed by atoms with E-state index in [1.54, 1.807) is 6.20 Å². The number of benzene rings is 1. The predicted molar refractivity (Wildman–Crippen MR) is 90.5 cm³/mol. The molecule has 0 spiro atoms. The van der Waals surface area contributed by atoms with Gasteiger partial charge in [0.2, 0.25) is 0 Å². The van der Waals surface area contributed by atoms with Crippen molar-refractivity contribution in [2.24, 2.45) is 0 Å². The number of rotatable bonds is 5. The van der Waals surface area contributed by atoms with E-state index in [1.165, 1.54) is 0 Å². The van der Waals surface area contributed by atoms with Gasteiger partial charge in [0.1, 0.15) is 17.2 Å². The van der Waals surface area contributed by atoms with Crippen LogP contribution in [0.2, 0.25) is 0 Å². The van der Waals surface area contributed by atoms with Crippen LogP contribution in [-0.4, -0.2) is 29.8 Å². The number of fused-ring (bicyclic) bond motifs is 1. The summed E-state index contributed by atoms with van der Waals surface area (Å²) in [6, 6.07) is 7.61. The number of hydrogen-bond donors (Lipinski definition) is 2. The third-order valence-corrected chi connectivity index (χ3v) is 3.03. The van der Waals surface area contributed by atoms with E-state index in [0.29, 0.717) is 25.4 Å². The van der Waals surface area contributed by atoms with E-state index in [1.807, 2.05) is 45.0 Å². The average Bonchev–Trinajstić information content (AvgIpc) is 2.46. The zero-order valence-electron chi connectivity index (χ0n) is 13.8. The Kier molecular flexibility index (Phi) is 5.26. The zero-order chi connectivity index (χ0) is 16.9. The molecule has 1 aromatic heterocycles. The SMILES string of the molecule is CC(C)(C)OC(=O)NCCCOc1ccc2ccnc(N)c2c1. The number of pyridine rings is 1. The zero-order valence-corrected chi connectivity index (χ0v) is 13.8. The van der Waals surface area contributed by atoms with Gasteiger partial charge >= 0.3 is 6.09 Å². The molecule has 23 heavy (non-hydrogen) atoms. The average molecular weight is 317 g/mol. The number of amides is 1. The number of ether oxygens (including phenoxy) is 2. The first-order valence-electron chi connectivity index (χ1n) is 7.59. The Morgan fingerprint density at radius 1 is 1.30 bits per heavy atom. The lowest BCUT2D eigenvalue weighted by molar-refractivity contribution is 0.0525. The van der Waals surface area contributed by atoms with Gasteiger partial charge in [-0.15, -0.1) is 0 Å². The topological polar surface area (TPSA) is 86.5 Å². The first-order chi connectivity index (χ1) is 10.8. The largest absolute Gasteiger partial charge is 0.494 e. The number of nitrogens with two attached hydrogens (primary N) is 1. The molecule has 124 valence electrons. The number of anilines is 1. The van der Waals surface area contributed by atoms with Gasteiger partial charge in [0.05, 0.1) is 6.61 Å². The molecule has 0 fully saturated rings. The summed E-state index contributed by atoms with van der Waals surface area (Å²) in [5.41, 5.74) is 5.37. The van der Waals surface area contributed by atoms with Crippen LogP contribution in [0.5, 0.6) is 5.75 Å². The summed E-state index contributed by atoms with van der Waals surface area (Å²) in [6.45, 7) is 6.47. The van der Waals surface area contributed by atoms with Crippen LogP contribution in [0.4, 0.5) is 10.6 Å². The van der Waals surface area contributed by atoms with E-state index < -0.39 is 11.7 Å². The number of nitrogens with one attached hydrogen (secondary N) is 1. The van der Waals surface area contributed by atoms with E-state index >= 15 is 0 Å². The van der Waals surface area contributed by atoms with Crippen LogP contribution in [0.15, 0.2) is 30.5 Å². The highest BCUT2D eigenvalue weighted by Crippen LogP contribution is 2.24. The number of hydrogen-bond acceptors (Lipinski definition) is 5. The molecule has 2 rings (SSSR count). The maximum absolute atomic E-state index is 11.5. The molecule has 0 radical (unpaired) electrons. The van der Waals surface area contributed by atoms with Gasteiger partial charge in [0, 0.05) is 18.1 Å². The third kappa shape index (κ3) is 5.32. The standard InChI is InChI=1S/C17H23N3O3/c1-17(2,3)23-16(21)20-8-4-10-22-13-6-5-12-7-9-19-15(18)14(12)11-13/h5-7,9,11H,4,8,10H2,1-3H3,(H2,18,19)(H,20,21). The number of carbonyl (C=O) groups is 1. The van der Waals surface area contributed by atoms with Crippen LogP contribution in [0.1, 0.15) is 27.2 Å². The number of nitrogen functional groups attached to an aromatic ring is 1. The van der Waals surface area contributed by atoms with Crippen molar-refractivity contribution in [1.82, 2.24) is 10.3 Å². The Morgan fingerprint density at radius 2 is 2.09 bits per heavy atom. The summed E-state index contributed by atoms with van der Waals surface area (Å²) in [5.74, 6) is 1.22. The lowest BCUT2D eigenvalue weighted by Crippen LogP contribution is -2.33. The minimum atomic E-state index is -0.486. The molecule has 0 unspecified atom stereocenters. The van der Waals surface area contributed by atoms with Gasteiger partial charge < -0.3 is 20.5 Å². The van der Waals surface area contributed by atoms with Crippen molar-refractivity contribution in [1.29, 1.82) is 0 Å². The van der Waals surface area contributed by atoms with Gasteiger partial charge in [-0.3, -0.25) is 0 Å². The lowest BCUT2D eigenvalue weighted by atomic mass is 10.1. The van der Waals surface area contributed by atoms with Crippen molar-refractivity contribution in [3.05, 3.63) is 30.5 Å². The van der Waals surface area contributed by atoms with Crippen molar-refractivity contribution in [3.63, 3.8) is 0 Å². The molecule has 0 saturated heterocycles. The number of aromatic nitrogens is 1. The maximum Gasteiger partial charge on any atom is 0.407 e. The molecular formula is C17H23N3O3. The first-order valence-corrected chi connectivity index (χ1v) is 7.59. The van der Waals surface area contributed by atoms with E-state index in [0.717, 1.165) is 16.5 Å². The number of carbonyl (C=O) groups excluding carboxylic acids is 1. The molecular weight excluding hydrogens is 294 g/mol. The molecule has 2 aromatic rings. The summed E-state index contributed by atoms with van der Waals surface area (Å²) in [7, 11) is 0. The second kappa shape index (κ2) is 7.17. The highest BCUT2D eigenvalue weighted by atomic mass is 16.6. The molecule has 6 heteroatoms. The van der Waals surface area contributed by atoms with Gasteiger partial charge in [-0.1, -0.05) is 6.07 Å². The molecule has 1 aromatic carbocycles. The Hall–Kier alpha value is -2.50. The highest BCUT2D eigenvalue weighted by Gasteiger charge is 2.15. The monoisotopic (exact) mass is 317 g/mol. The third-order valence-electron chi connectivity index (χ3n) is 3.03. The van der Waals surface area contributed by atoms with Gasteiger partial charge in [-0.25, -0.2) is 9.78 Å². The smallest absolute Gasteiger partial charge is 0.407 e. The Bertz CT molecular complexity index is 680. The molecule has 1 amide bonds. The fraction of sp³-hybridized carbons (Fsp3) is 0.412. The van der Waals surface area contributed by atoms with Gasteiger partial charge in [0.15, 0.2) is 0 Å². The molecule has 0 atom stereocenters. The van der Waals surface area contributed by atoms with Crippen molar-refractivity contribution in [3.8, 4) is 5.75 Å². The minimum Gasteiger partial charge on any atom is -0.494 e. The van der Waals surface area contributed by atoms with Crippen molar-refractivity contribution < 1.29 is 14.3 Å². The van der Waals surface area contributed by atoms with Crippen LogP contribution in [0, 0.1) is 0 Å². The molecule has 1 heterocycles. The Balaban J connectivity index is 1.77. The first kappa shape index (κ1) is 16.9. The van der Waals surface area contributed by atoms with Gasteiger partial charge in [-0.05, 0) is 50.8 Å². The molecule has 0 aliphatic rings. The van der Waals surface area contributed by atoms with Crippen LogP contribution in [0.25, 0.3) is 10.8 Å². The summed E-state index contributed by atoms with van der Waals surface area (Å²) in [5, 5.41) is 4.59. The van der Waals surface area contributed by atoms with Crippen LogP contribution < -0.4 is 15.8 Å². The molecule has 0 bridgehead atoms. The summed E-state index contributed by atoms with van der Waals surface area (Å²) in [6.07, 6.45) is 1.95. The normalized spacial score (nSPS) is 11.3. The molecule has 6 nitrogen and oxygen atoms in total. The Morgan fingerprint density at radius 3 is 2.83 bits per heavy atom. The van der Waals surface area contributed by atoms with E-state index in [9.17, 15) is 4.79 Å².